The molecule has 0 saturated heterocycles. The van der Waals surface area contributed by atoms with Gasteiger partial charge in [-0.2, -0.15) is 4.72 Å². The lowest BCUT2D eigenvalue weighted by Crippen LogP contribution is -2.60. The molecule has 26 heavy (non-hydrogen) atoms. The number of esters is 1. The quantitative estimate of drug-likeness (QED) is 0.801. The smallest absolute Gasteiger partial charge is 0.324 e. The van der Waals surface area contributed by atoms with Crippen molar-refractivity contribution in [1.29, 1.82) is 0 Å². The van der Waals surface area contributed by atoms with Gasteiger partial charge in [-0.05, 0) is 80.8 Å². The Morgan fingerprint density at radius 3 is 2.04 bits per heavy atom. The molecule has 4 saturated carbocycles. The van der Waals surface area contributed by atoms with Gasteiger partial charge in [-0.3, -0.25) is 4.79 Å². The van der Waals surface area contributed by atoms with Crippen LogP contribution in [0.4, 0.5) is 0 Å². The summed E-state index contributed by atoms with van der Waals surface area (Å²) in [6.07, 6.45) is 6.48. The van der Waals surface area contributed by atoms with E-state index < -0.39 is 22.0 Å². The zero-order valence-electron chi connectivity index (χ0n) is 15.4. The lowest BCUT2D eigenvalue weighted by atomic mass is 9.48. The van der Waals surface area contributed by atoms with Gasteiger partial charge in [0.1, 0.15) is 6.04 Å². The Labute approximate surface area is 155 Å². The lowest BCUT2D eigenvalue weighted by molar-refractivity contribution is -0.153. The van der Waals surface area contributed by atoms with Gasteiger partial charge in [0.25, 0.3) is 0 Å². The molecular formula is C20H27NO4S. The van der Waals surface area contributed by atoms with E-state index in [1.165, 1.54) is 26.4 Å². The van der Waals surface area contributed by atoms with Gasteiger partial charge in [0.2, 0.25) is 10.0 Å². The Hall–Kier alpha value is -1.40. The van der Waals surface area contributed by atoms with Crippen LogP contribution in [-0.4, -0.2) is 27.5 Å². The van der Waals surface area contributed by atoms with Crippen LogP contribution in [-0.2, 0) is 19.6 Å². The van der Waals surface area contributed by atoms with Crippen molar-refractivity contribution in [3.63, 3.8) is 0 Å². The number of hydrogen-bond acceptors (Lipinski definition) is 4. The van der Waals surface area contributed by atoms with Crippen molar-refractivity contribution in [2.45, 2.75) is 56.4 Å². The molecule has 6 heteroatoms. The highest BCUT2D eigenvalue weighted by Gasteiger charge is 2.57. The van der Waals surface area contributed by atoms with Gasteiger partial charge in [0, 0.05) is 0 Å². The second-order valence-corrected chi connectivity index (χ2v) is 10.4. The number of sulfonamides is 1. The van der Waals surface area contributed by atoms with Crippen LogP contribution >= 0.6 is 0 Å². The van der Waals surface area contributed by atoms with E-state index in [1.807, 2.05) is 6.92 Å². The highest BCUT2D eigenvalue weighted by atomic mass is 32.2. The first-order valence-electron chi connectivity index (χ1n) is 9.48. The van der Waals surface area contributed by atoms with Gasteiger partial charge in [-0.1, -0.05) is 17.7 Å². The molecule has 1 atom stereocenters. The molecule has 1 aromatic carbocycles. The minimum absolute atomic E-state index is 0.196. The number of carbonyl (C=O) groups excluding carboxylic acids is 1. The predicted molar refractivity (Wildman–Crippen MR) is 97.9 cm³/mol. The number of ether oxygens (including phenoxy) is 1. The van der Waals surface area contributed by atoms with Gasteiger partial charge in [-0.25, -0.2) is 8.42 Å². The Morgan fingerprint density at radius 2 is 1.58 bits per heavy atom. The van der Waals surface area contributed by atoms with Crippen molar-refractivity contribution in [1.82, 2.24) is 4.72 Å². The number of benzene rings is 1. The van der Waals surface area contributed by atoms with Crippen LogP contribution in [0.5, 0.6) is 0 Å². The molecule has 4 fully saturated rings. The molecule has 0 heterocycles. The fourth-order valence-electron chi connectivity index (χ4n) is 6.01. The molecular weight excluding hydrogens is 350 g/mol. The summed E-state index contributed by atoms with van der Waals surface area (Å²) < 4.78 is 33.7. The van der Waals surface area contributed by atoms with Crippen molar-refractivity contribution in [3.05, 3.63) is 29.8 Å². The van der Waals surface area contributed by atoms with Gasteiger partial charge in [0.15, 0.2) is 0 Å². The van der Waals surface area contributed by atoms with E-state index in [2.05, 4.69) is 4.72 Å². The second-order valence-electron chi connectivity index (χ2n) is 8.67. The lowest BCUT2D eigenvalue weighted by Gasteiger charge is -2.58. The van der Waals surface area contributed by atoms with Crippen molar-refractivity contribution in [3.8, 4) is 0 Å². The summed E-state index contributed by atoms with van der Waals surface area (Å²) in [6, 6.07) is 5.92. The first-order valence-corrected chi connectivity index (χ1v) is 11.0. The number of nitrogens with one attached hydrogen (secondary N) is 1. The van der Waals surface area contributed by atoms with Gasteiger partial charge >= 0.3 is 5.97 Å². The summed E-state index contributed by atoms with van der Waals surface area (Å²) in [7, 11) is -2.43. The molecule has 0 spiro atoms. The molecule has 142 valence electrons. The number of carbonyl (C=O) groups is 1. The Kier molecular flexibility index (Phi) is 4.39. The molecule has 5 nitrogen and oxygen atoms in total. The number of methoxy groups -OCH3 is 1. The molecule has 1 N–H and O–H groups in total. The maximum absolute atomic E-state index is 12.9. The van der Waals surface area contributed by atoms with Gasteiger partial charge in [-0.15, -0.1) is 0 Å². The summed E-state index contributed by atoms with van der Waals surface area (Å²) >= 11 is 0. The van der Waals surface area contributed by atoms with Crippen LogP contribution < -0.4 is 4.72 Å². The molecule has 0 amide bonds. The first-order chi connectivity index (χ1) is 12.3. The largest absolute Gasteiger partial charge is 0.468 e. The molecule has 0 aromatic heterocycles. The van der Waals surface area contributed by atoms with Crippen LogP contribution in [0.1, 0.15) is 44.1 Å². The topological polar surface area (TPSA) is 72.5 Å². The molecule has 0 radical (unpaired) electrons. The van der Waals surface area contributed by atoms with Crippen LogP contribution in [0.15, 0.2) is 29.2 Å². The third kappa shape index (κ3) is 3.07. The van der Waals surface area contributed by atoms with Crippen molar-refractivity contribution in [2.24, 2.45) is 23.2 Å². The summed E-state index contributed by atoms with van der Waals surface area (Å²) in [6.45, 7) is 1.91. The van der Waals surface area contributed by atoms with Crippen LogP contribution in [0.25, 0.3) is 0 Å². The zero-order chi connectivity index (χ0) is 18.5. The first kappa shape index (κ1) is 18.0. The van der Waals surface area contributed by atoms with Crippen molar-refractivity contribution >= 4 is 16.0 Å². The molecule has 0 unspecified atom stereocenters. The number of rotatable bonds is 5. The van der Waals surface area contributed by atoms with Crippen molar-refractivity contribution in [2.75, 3.05) is 7.11 Å². The van der Waals surface area contributed by atoms with E-state index in [1.54, 1.807) is 24.3 Å². The van der Waals surface area contributed by atoms with E-state index in [0.717, 1.165) is 24.8 Å². The summed E-state index contributed by atoms with van der Waals surface area (Å²) in [4.78, 5) is 12.8. The van der Waals surface area contributed by atoms with E-state index in [-0.39, 0.29) is 10.3 Å². The zero-order valence-corrected chi connectivity index (χ0v) is 16.2. The molecule has 4 bridgehead atoms. The van der Waals surface area contributed by atoms with E-state index >= 15 is 0 Å². The van der Waals surface area contributed by atoms with Crippen molar-refractivity contribution < 1.29 is 17.9 Å². The fraction of sp³-hybridized carbons (Fsp3) is 0.650. The number of aryl methyl sites for hydroxylation is 1. The Morgan fingerprint density at radius 1 is 1.08 bits per heavy atom. The Bertz CT molecular complexity index is 764. The third-order valence-corrected chi connectivity index (χ3v) is 8.18. The average Bonchev–Trinajstić information content (AvgIpc) is 2.58. The molecule has 4 aliphatic carbocycles. The second kappa shape index (κ2) is 6.34. The van der Waals surface area contributed by atoms with Crippen LogP contribution in [0.3, 0.4) is 0 Å². The van der Waals surface area contributed by atoms with Gasteiger partial charge < -0.3 is 4.74 Å². The van der Waals surface area contributed by atoms with Crippen LogP contribution in [0.2, 0.25) is 0 Å². The summed E-state index contributed by atoms with van der Waals surface area (Å²) in [5.41, 5.74) is 0.703. The normalized spacial score (nSPS) is 33.8. The maximum atomic E-state index is 12.9. The minimum atomic E-state index is -3.78. The fourth-order valence-corrected chi connectivity index (χ4v) is 7.30. The molecule has 0 aliphatic heterocycles. The minimum Gasteiger partial charge on any atom is -0.468 e. The molecule has 5 rings (SSSR count). The van der Waals surface area contributed by atoms with Crippen LogP contribution in [0, 0.1) is 30.1 Å². The SMILES string of the molecule is COC(=O)[C@@H](NS(=O)(=O)c1ccc(C)cc1)C12CC3CC(CC(C3)C1)C2. The maximum Gasteiger partial charge on any atom is 0.324 e. The molecule has 1 aromatic rings. The highest BCUT2D eigenvalue weighted by Crippen LogP contribution is 2.61. The van der Waals surface area contributed by atoms with E-state index in [9.17, 15) is 13.2 Å². The summed E-state index contributed by atoms with van der Waals surface area (Å²) in [5, 5.41) is 0. The Balaban J connectivity index is 1.66. The third-order valence-electron chi connectivity index (χ3n) is 6.74. The summed E-state index contributed by atoms with van der Waals surface area (Å²) in [5.74, 6) is 1.41. The standard InChI is InChI=1S/C20H27NO4S/c1-13-3-5-17(6-4-13)26(23,24)21-18(19(22)25-2)20-10-14-7-15(11-20)9-16(8-14)12-20/h3-6,14-16,18,21H,7-12H2,1-2H3/t14?,15?,16?,18-,20?/m1/s1. The van der Waals surface area contributed by atoms with E-state index in [4.69, 9.17) is 4.74 Å². The van der Waals surface area contributed by atoms with E-state index in [0.29, 0.717) is 17.8 Å². The van der Waals surface area contributed by atoms with Gasteiger partial charge in [0.05, 0.1) is 12.0 Å². The monoisotopic (exact) mass is 377 g/mol. The number of hydrogen-bond donors (Lipinski definition) is 1. The predicted octanol–water partition coefficient (Wildman–Crippen LogP) is 3.03. The highest BCUT2D eigenvalue weighted by molar-refractivity contribution is 7.89. The average molecular weight is 378 g/mol. The molecule has 4 aliphatic rings.